The first-order valence-corrected chi connectivity index (χ1v) is 7.66. The van der Waals surface area contributed by atoms with E-state index in [1.54, 1.807) is 19.1 Å². The molecule has 5 nitrogen and oxygen atoms in total. The summed E-state index contributed by atoms with van der Waals surface area (Å²) in [4.78, 5) is 0.182. The number of nitrogens with zero attached hydrogens (tertiary/aromatic N) is 2. The lowest BCUT2D eigenvalue weighted by molar-refractivity contribution is 0.435. The fraction of sp³-hybridized carbons (Fsp3) is 0.462. The summed E-state index contributed by atoms with van der Waals surface area (Å²) >= 11 is 0. The van der Waals surface area contributed by atoms with Crippen molar-refractivity contribution >= 4 is 15.7 Å². The van der Waals surface area contributed by atoms with Gasteiger partial charge in [-0.2, -0.15) is 9.57 Å². The summed E-state index contributed by atoms with van der Waals surface area (Å²) in [7, 11) is -3.57. The summed E-state index contributed by atoms with van der Waals surface area (Å²) in [5.74, 6) is 0. The van der Waals surface area contributed by atoms with E-state index in [1.165, 1.54) is 10.4 Å². The van der Waals surface area contributed by atoms with Gasteiger partial charge < -0.3 is 5.73 Å². The molecule has 0 atom stereocenters. The summed E-state index contributed by atoms with van der Waals surface area (Å²) < 4.78 is 26.1. The van der Waals surface area contributed by atoms with Crippen LogP contribution in [0.3, 0.4) is 0 Å². The van der Waals surface area contributed by atoms with Gasteiger partial charge in [0, 0.05) is 25.2 Å². The molecule has 0 aliphatic carbocycles. The molecule has 0 saturated carbocycles. The van der Waals surface area contributed by atoms with E-state index in [0.29, 0.717) is 12.2 Å². The maximum absolute atomic E-state index is 12.4. The molecule has 1 aromatic carbocycles. The maximum atomic E-state index is 12.4. The second-order valence-corrected chi connectivity index (χ2v) is 6.06. The van der Waals surface area contributed by atoms with Gasteiger partial charge in [0.2, 0.25) is 10.0 Å². The van der Waals surface area contributed by atoms with Gasteiger partial charge in [-0.15, -0.1) is 0 Å². The molecule has 0 aromatic heterocycles. The van der Waals surface area contributed by atoms with Gasteiger partial charge in [-0.3, -0.25) is 0 Å². The number of nitrogen functional groups attached to an aromatic ring is 1. The second kappa shape index (κ2) is 6.55. The summed E-state index contributed by atoms with van der Waals surface area (Å²) in [6.45, 7) is 4.24. The van der Waals surface area contributed by atoms with E-state index >= 15 is 0 Å². The number of hydrogen-bond acceptors (Lipinski definition) is 4. The Balaban J connectivity index is 3.12. The van der Waals surface area contributed by atoms with Gasteiger partial charge in [0.1, 0.15) is 0 Å². The largest absolute Gasteiger partial charge is 0.398 e. The number of sulfonamides is 1. The van der Waals surface area contributed by atoms with E-state index in [0.717, 1.165) is 12.0 Å². The van der Waals surface area contributed by atoms with E-state index in [2.05, 4.69) is 0 Å². The zero-order chi connectivity index (χ0) is 14.5. The quantitative estimate of drug-likeness (QED) is 0.805. The van der Waals surface area contributed by atoms with E-state index in [9.17, 15) is 8.42 Å². The first-order valence-electron chi connectivity index (χ1n) is 6.22. The van der Waals surface area contributed by atoms with Gasteiger partial charge in [-0.05, 0) is 24.1 Å². The van der Waals surface area contributed by atoms with Crippen molar-refractivity contribution in [2.75, 3.05) is 18.8 Å². The number of benzene rings is 1. The molecular formula is C13H19N3O2S. The Morgan fingerprint density at radius 1 is 1.37 bits per heavy atom. The first-order chi connectivity index (χ1) is 8.97. The number of aryl methyl sites for hydroxylation is 1. The van der Waals surface area contributed by atoms with Crippen LogP contribution in [0.5, 0.6) is 0 Å². The third-order valence-electron chi connectivity index (χ3n) is 2.96. The molecular weight excluding hydrogens is 262 g/mol. The monoisotopic (exact) mass is 281 g/mol. The van der Waals surface area contributed by atoms with Crippen LogP contribution < -0.4 is 5.73 Å². The highest BCUT2D eigenvalue weighted by Gasteiger charge is 2.23. The SMILES string of the molecule is CCc1ccc(S(=O)(=O)N(CC)CCC#N)cc1N. The number of nitrogens with two attached hydrogens (primary N) is 1. The molecule has 19 heavy (non-hydrogen) atoms. The molecule has 0 saturated heterocycles. The highest BCUT2D eigenvalue weighted by atomic mass is 32.2. The molecule has 0 heterocycles. The molecule has 0 unspecified atom stereocenters. The lowest BCUT2D eigenvalue weighted by atomic mass is 10.1. The number of nitriles is 1. The van der Waals surface area contributed by atoms with Gasteiger partial charge in [-0.1, -0.05) is 19.9 Å². The predicted molar refractivity (Wildman–Crippen MR) is 74.9 cm³/mol. The number of anilines is 1. The van der Waals surface area contributed by atoms with Crippen molar-refractivity contribution in [1.82, 2.24) is 4.31 Å². The molecule has 0 amide bonds. The molecule has 0 fully saturated rings. The summed E-state index contributed by atoms with van der Waals surface area (Å²) in [6.07, 6.45) is 0.938. The summed E-state index contributed by atoms with van der Waals surface area (Å²) in [5.41, 5.74) is 7.25. The molecule has 0 spiro atoms. The smallest absolute Gasteiger partial charge is 0.243 e. The minimum absolute atomic E-state index is 0.176. The average molecular weight is 281 g/mol. The Hall–Kier alpha value is -1.58. The van der Waals surface area contributed by atoms with Crippen molar-refractivity contribution in [3.05, 3.63) is 23.8 Å². The van der Waals surface area contributed by atoms with Crippen LogP contribution in [0.15, 0.2) is 23.1 Å². The zero-order valence-electron chi connectivity index (χ0n) is 11.3. The highest BCUT2D eigenvalue weighted by molar-refractivity contribution is 7.89. The van der Waals surface area contributed by atoms with Gasteiger partial charge in [0.25, 0.3) is 0 Å². The minimum atomic E-state index is -3.57. The van der Waals surface area contributed by atoms with Crippen LogP contribution in [0.2, 0.25) is 0 Å². The van der Waals surface area contributed by atoms with Gasteiger partial charge in [0.15, 0.2) is 0 Å². The summed E-state index contributed by atoms with van der Waals surface area (Å²) in [5, 5.41) is 8.57. The molecule has 1 aromatic rings. The average Bonchev–Trinajstić information content (AvgIpc) is 2.39. The lowest BCUT2D eigenvalue weighted by Gasteiger charge is -2.19. The van der Waals surface area contributed by atoms with Gasteiger partial charge >= 0.3 is 0 Å². The fourth-order valence-corrected chi connectivity index (χ4v) is 3.31. The molecule has 1 rings (SSSR count). The molecule has 2 N–H and O–H groups in total. The Kier molecular flexibility index (Phi) is 5.33. The first kappa shape index (κ1) is 15.5. The molecule has 6 heteroatoms. The van der Waals surface area contributed by atoms with Crippen molar-refractivity contribution in [2.24, 2.45) is 0 Å². The molecule has 0 bridgehead atoms. The van der Waals surface area contributed by atoms with Gasteiger partial charge in [-0.25, -0.2) is 8.42 Å². The van der Waals surface area contributed by atoms with E-state index in [-0.39, 0.29) is 17.9 Å². The van der Waals surface area contributed by atoms with Crippen LogP contribution in [-0.4, -0.2) is 25.8 Å². The minimum Gasteiger partial charge on any atom is -0.398 e. The van der Waals surface area contributed by atoms with E-state index in [4.69, 9.17) is 11.0 Å². The second-order valence-electron chi connectivity index (χ2n) is 4.12. The van der Waals surface area contributed by atoms with E-state index < -0.39 is 10.0 Å². The number of rotatable bonds is 6. The van der Waals surface area contributed by atoms with Crippen molar-refractivity contribution in [3.63, 3.8) is 0 Å². The molecule has 104 valence electrons. The molecule has 0 radical (unpaired) electrons. The van der Waals surface area contributed by atoms with Crippen molar-refractivity contribution < 1.29 is 8.42 Å². The topological polar surface area (TPSA) is 87.2 Å². The van der Waals surface area contributed by atoms with E-state index in [1.807, 2.05) is 13.0 Å². The van der Waals surface area contributed by atoms with Crippen LogP contribution in [0.25, 0.3) is 0 Å². The third-order valence-corrected chi connectivity index (χ3v) is 4.93. The van der Waals surface area contributed by atoms with Crippen molar-refractivity contribution in [1.29, 1.82) is 5.26 Å². The van der Waals surface area contributed by atoms with Crippen molar-refractivity contribution in [3.8, 4) is 6.07 Å². The standard InChI is InChI=1S/C13H19N3O2S/c1-3-11-6-7-12(10-13(11)15)19(17,18)16(4-2)9-5-8-14/h6-7,10H,3-5,9,15H2,1-2H3. The number of hydrogen-bond donors (Lipinski definition) is 1. The zero-order valence-corrected chi connectivity index (χ0v) is 12.1. The maximum Gasteiger partial charge on any atom is 0.243 e. The normalized spacial score (nSPS) is 11.5. The Morgan fingerprint density at radius 2 is 2.05 bits per heavy atom. The van der Waals surface area contributed by atoms with Crippen LogP contribution >= 0.6 is 0 Å². The van der Waals surface area contributed by atoms with Crippen molar-refractivity contribution in [2.45, 2.75) is 31.6 Å². The Morgan fingerprint density at radius 3 is 2.53 bits per heavy atom. The Bertz CT molecular complexity index is 576. The van der Waals surface area contributed by atoms with Crippen LogP contribution in [-0.2, 0) is 16.4 Å². The predicted octanol–water partition coefficient (Wildman–Crippen LogP) is 1.76. The summed E-state index contributed by atoms with van der Waals surface area (Å²) in [6, 6.07) is 6.75. The lowest BCUT2D eigenvalue weighted by Crippen LogP contribution is -2.31. The van der Waals surface area contributed by atoms with Gasteiger partial charge in [0.05, 0.1) is 11.0 Å². The highest BCUT2D eigenvalue weighted by Crippen LogP contribution is 2.21. The fourth-order valence-electron chi connectivity index (χ4n) is 1.83. The third kappa shape index (κ3) is 3.46. The molecule has 0 aliphatic heterocycles. The van der Waals surface area contributed by atoms with Crippen LogP contribution in [0.4, 0.5) is 5.69 Å². The van der Waals surface area contributed by atoms with Crippen LogP contribution in [0, 0.1) is 11.3 Å². The van der Waals surface area contributed by atoms with Crippen LogP contribution in [0.1, 0.15) is 25.8 Å². The Labute approximate surface area is 114 Å². The molecule has 0 aliphatic rings.